The van der Waals surface area contributed by atoms with Crippen LogP contribution < -0.4 is 9.78 Å². The van der Waals surface area contributed by atoms with Gasteiger partial charge in [0.15, 0.2) is 11.5 Å². The van der Waals surface area contributed by atoms with Crippen LogP contribution in [0.2, 0.25) is 0 Å². The van der Waals surface area contributed by atoms with Gasteiger partial charge in [-0.1, -0.05) is 12.1 Å². The molecule has 1 aliphatic heterocycles. The van der Waals surface area contributed by atoms with Crippen molar-refractivity contribution in [2.24, 2.45) is 0 Å². The summed E-state index contributed by atoms with van der Waals surface area (Å²) >= 11 is 0. The molecular weight excluding hydrogens is 192 g/mol. The van der Waals surface area contributed by atoms with Gasteiger partial charge in [0.1, 0.15) is 5.75 Å². The zero-order valence-corrected chi connectivity index (χ0v) is 7.81. The molecule has 0 amide bonds. The minimum absolute atomic E-state index is 0.254. The van der Waals surface area contributed by atoms with Crippen molar-refractivity contribution in [1.29, 1.82) is 0 Å². The third-order valence-electron chi connectivity index (χ3n) is 2.36. The lowest BCUT2D eigenvalue weighted by atomic mass is 10.0. The smallest absolute Gasteiger partial charge is 0.190 e. The zero-order chi connectivity index (χ0) is 10.3. The minimum atomic E-state index is 0.254. The van der Waals surface area contributed by atoms with Crippen LogP contribution in [0.15, 0.2) is 42.5 Å². The molecule has 74 valence electrons. The summed E-state index contributed by atoms with van der Waals surface area (Å²) in [6.45, 7) is 0. The fourth-order valence-corrected chi connectivity index (χ4v) is 1.60. The van der Waals surface area contributed by atoms with Crippen LogP contribution in [0, 0.1) is 0 Å². The molecule has 0 saturated carbocycles. The topological polar surface area (TPSA) is 38.7 Å². The van der Waals surface area contributed by atoms with Crippen molar-refractivity contribution in [3.8, 4) is 28.4 Å². The molecule has 2 bridgehead atoms. The Kier molecular flexibility index (Phi) is 1.59. The summed E-state index contributed by atoms with van der Waals surface area (Å²) in [5, 5.41) is 9.18. The van der Waals surface area contributed by atoms with Gasteiger partial charge in [-0.3, -0.25) is 9.78 Å². The van der Waals surface area contributed by atoms with Crippen LogP contribution in [0.3, 0.4) is 0 Å². The average Bonchev–Trinajstić information content (AvgIpc) is 2.63. The zero-order valence-electron chi connectivity index (χ0n) is 7.81. The first-order chi connectivity index (χ1) is 7.33. The number of aromatic hydroxyl groups is 1. The Balaban J connectivity index is 2.11. The summed E-state index contributed by atoms with van der Waals surface area (Å²) < 4.78 is 0. The van der Waals surface area contributed by atoms with E-state index in [0.717, 1.165) is 11.1 Å². The molecule has 0 fully saturated rings. The Hall–Kier alpha value is -2.16. The van der Waals surface area contributed by atoms with Crippen molar-refractivity contribution in [2.45, 2.75) is 0 Å². The van der Waals surface area contributed by atoms with E-state index in [1.165, 1.54) is 0 Å². The predicted molar refractivity (Wildman–Crippen MR) is 54.8 cm³/mol. The number of phenolic OH excluding ortho intramolecular Hbond substituents is 1. The van der Waals surface area contributed by atoms with Crippen molar-refractivity contribution in [2.75, 3.05) is 0 Å². The van der Waals surface area contributed by atoms with Gasteiger partial charge >= 0.3 is 0 Å². The van der Waals surface area contributed by atoms with E-state index >= 15 is 0 Å². The van der Waals surface area contributed by atoms with E-state index in [0.29, 0.717) is 11.5 Å². The Morgan fingerprint density at radius 1 is 0.867 bits per heavy atom. The number of rotatable bonds is 1. The number of hydrogen-bond donors (Lipinski definition) is 1. The van der Waals surface area contributed by atoms with Crippen LogP contribution in [-0.4, -0.2) is 5.11 Å². The van der Waals surface area contributed by atoms with Crippen molar-refractivity contribution in [1.82, 2.24) is 0 Å². The van der Waals surface area contributed by atoms with Gasteiger partial charge < -0.3 is 5.11 Å². The summed E-state index contributed by atoms with van der Waals surface area (Å²) in [6.07, 6.45) is 0. The molecule has 3 heteroatoms. The maximum absolute atomic E-state index is 9.18. The Morgan fingerprint density at radius 3 is 2.47 bits per heavy atom. The lowest BCUT2D eigenvalue weighted by Crippen LogP contribution is -1.91. The summed E-state index contributed by atoms with van der Waals surface area (Å²) in [5.74, 6) is 1.68. The fraction of sp³-hybridized carbons (Fsp3) is 0. The van der Waals surface area contributed by atoms with Gasteiger partial charge in [0.25, 0.3) is 0 Å². The maximum Gasteiger partial charge on any atom is 0.190 e. The highest BCUT2D eigenvalue weighted by Crippen LogP contribution is 2.37. The lowest BCUT2D eigenvalue weighted by molar-refractivity contribution is -0.0842. The van der Waals surface area contributed by atoms with Crippen molar-refractivity contribution in [3.63, 3.8) is 0 Å². The molecule has 3 nitrogen and oxygen atoms in total. The molecule has 0 spiro atoms. The molecule has 0 saturated heterocycles. The Labute approximate surface area is 86.4 Å². The number of phenols is 1. The Bertz CT molecular complexity index is 503. The van der Waals surface area contributed by atoms with Crippen LogP contribution in [0.25, 0.3) is 11.1 Å². The molecule has 2 aromatic rings. The normalized spacial score (nSPS) is 12.0. The molecule has 1 heterocycles. The first kappa shape index (κ1) is 8.17. The monoisotopic (exact) mass is 200 g/mol. The molecule has 0 unspecified atom stereocenters. The van der Waals surface area contributed by atoms with Gasteiger partial charge in [-0.15, -0.1) is 0 Å². The second kappa shape index (κ2) is 2.92. The van der Waals surface area contributed by atoms with E-state index in [1.54, 1.807) is 12.1 Å². The third-order valence-corrected chi connectivity index (χ3v) is 2.36. The number of hydrogen-bond acceptors (Lipinski definition) is 3. The molecule has 0 aliphatic carbocycles. The molecule has 0 atom stereocenters. The maximum atomic E-state index is 9.18. The van der Waals surface area contributed by atoms with Gasteiger partial charge in [-0.05, 0) is 29.8 Å². The molecular formula is C12H8O3. The Morgan fingerprint density at radius 2 is 1.67 bits per heavy atom. The van der Waals surface area contributed by atoms with Gasteiger partial charge in [0.05, 0.1) is 0 Å². The van der Waals surface area contributed by atoms with Crippen LogP contribution in [0.4, 0.5) is 0 Å². The van der Waals surface area contributed by atoms with E-state index in [2.05, 4.69) is 0 Å². The first-order valence-corrected chi connectivity index (χ1v) is 4.61. The number of benzene rings is 2. The molecule has 1 aliphatic rings. The molecule has 15 heavy (non-hydrogen) atoms. The average molecular weight is 200 g/mol. The molecule has 3 rings (SSSR count). The minimum Gasteiger partial charge on any atom is -0.508 e. The van der Waals surface area contributed by atoms with Gasteiger partial charge in [-0.2, -0.15) is 0 Å². The van der Waals surface area contributed by atoms with Crippen molar-refractivity contribution >= 4 is 0 Å². The summed E-state index contributed by atoms with van der Waals surface area (Å²) in [5.41, 5.74) is 1.94. The molecule has 0 radical (unpaired) electrons. The largest absolute Gasteiger partial charge is 0.508 e. The molecule has 0 aromatic heterocycles. The van der Waals surface area contributed by atoms with Crippen molar-refractivity contribution in [3.05, 3.63) is 42.5 Å². The van der Waals surface area contributed by atoms with E-state index in [-0.39, 0.29) is 5.75 Å². The highest BCUT2D eigenvalue weighted by molar-refractivity contribution is 5.72. The van der Waals surface area contributed by atoms with Gasteiger partial charge in [0, 0.05) is 11.6 Å². The van der Waals surface area contributed by atoms with Gasteiger partial charge in [-0.25, -0.2) is 0 Å². The predicted octanol–water partition coefficient (Wildman–Crippen LogP) is 2.75. The fourth-order valence-electron chi connectivity index (χ4n) is 1.60. The lowest BCUT2D eigenvalue weighted by Gasteiger charge is -2.02. The molecule has 2 aromatic carbocycles. The quantitative estimate of drug-likeness (QED) is 0.719. The second-order valence-electron chi connectivity index (χ2n) is 3.37. The van der Waals surface area contributed by atoms with Gasteiger partial charge in [0.2, 0.25) is 0 Å². The standard InChI is InChI=1S/C12H8O3/c13-9-3-1-8(2-4-9)11-6-5-10-7-12(11)15-14-10/h1-7,13H. The SMILES string of the molecule is Oc1ccc(-c2ccc3cc2OO3)cc1. The first-order valence-electron chi connectivity index (χ1n) is 4.61. The summed E-state index contributed by atoms with van der Waals surface area (Å²) in [6, 6.07) is 12.6. The van der Waals surface area contributed by atoms with Crippen LogP contribution in [0.5, 0.6) is 17.2 Å². The summed E-state index contributed by atoms with van der Waals surface area (Å²) in [7, 11) is 0. The van der Waals surface area contributed by atoms with Crippen LogP contribution >= 0.6 is 0 Å². The van der Waals surface area contributed by atoms with Crippen LogP contribution in [0.1, 0.15) is 0 Å². The second-order valence-corrected chi connectivity index (χ2v) is 3.37. The van der Waals surface area contributed by atoms with E-state index in [4.69, 9.17) is 9.78 Å². The third kappa shape index (κ3) is 1.29. The van der Waals surface area contributed by atoms with Crippen LogP contribution in [-0.2, 0) is 0 Å². The number of fused-ring (bicyclic) bond motifs is 2. The van der Waals surface area contributed by atoms with Crippen molar-refractivity contribution < 1.29 is 14.9 Å². The van der Waals surface area contributed by atoms with E-state index in [1.807, 2.05) is 30.3 Å². The van der Waals surface area contributed by atoms with E-state index in [9.17, 15) is 5.11 Å². The molecule has 1 N–H and O–H groups in total. The summed E-state index contributed by atoms with van der Waals surface area (Å²) in [4.78, 5) is 9.96. The van der Waals surface area contributed by atoms with E-state index < -0.39 is 0 Å². The highest BCUT2D eigenvalue weighted by atomic mass is 17.2. The highest BCUT2D eigenvalue weighted by Gasteiger charge is 2.15.